The number of hydrogen-bond acceptors (Lipinski definition) is 4. The van der Waals surface area contributed by atoms with Gasteiger partial charge in [-0.3, -0.25) is 9.59 Å². The van der Waals surface area contributed by atoms with E-state index in [9.17, 15) is 23.1 Å². The molecule has 5 nitrogen and oxygen atoms in total. The van der Waals surface area contributed by atoms with Crippen LogP contribution in [0.25, 0.3) is 0 Å². The lowest BCUT2D eigenvalue weighted by Gasteiger charge is -2.38. The van der Waals surface area contributed by atoms with Gasteiger partial charge in [0.05, 0.1) is 0 Å². The first-order chi connectivity index (χ1) is 9.71. The maximum Gasteiger partial charge on any atom is 0.319 e. The molecule has 0 spiro atoms. The summed E-state index contributed by atoms with van der Waals surface area (Å²) in [6.07, 6.45) is 8.31. The number of hydrogen-bond donors (Lipinski definition) is 1. The summed E-state index contributed by atoms with van der Waals surface area (Å²) >= 11 is 6.13. The molecule has 0 bridgehead atoms. The highest BCUT2D eigenvalue weighted by Gasteiger charge is 2.54. The van der Waals surface area contributed by atoms with Crippen molar-refractivity contribution in [1.82, 2.24) is 0 Å². The molecule has 3 unspecified atom stereocenters. The molecule has 2 aliphatic rings. The van der Waals surface area contributed by atoms with Gasteiger partial charge in [0.25, 0.3) is 0 Å². The molecule has 0 heterocycles. The van der Waals surface area contributed by atoms with Crippen LogP contribution in [0.5, 0.6) is 0 Å². The number of alkyl halides is 1. The number of allylic oxidation sites excluding steroid dienone is 1. The predicted molar refractivity (Wildman–Crippen MR) is 79.0 cm³/mol. The molecule has 0 aromatic carbocycles. The molecule has 0 fully saturated rings. The van der Waals surface area contributed by atoms with Crippen molar-refractivity contribution in [3.8, 4) is 0 Å². The van der Waals surface area contributed by atoms with Crippen molar-refractivity contribution in [3.63, 3.8) is 0 Å². The molecule has 2 aliphatic carbocycles. The fraction of sp³-hybridized carbons (Fsp3) is 0.571. The number of Topliss-reactive ketones (excluding diaryl/α,β-unsaturated/α-hetero) is 1. The first-order valence-corrected chi connectivity index (χ1v) is 9.09. The average Bonchev–Trinajstić information content (AvgIpc) is 2.41. The summed E-state index contributed by atoms with van der Waals surface area (Å²) in [5.41, 5.74) is -1.03. The molecule has 116 valence electrons. The number of carboxylic acid groups (broad SMARTS) is 1. The second-order valence-electron chi connectivity index (χ2n) is 5.52. The Morgan fingerprint density at radius 1 is 1.43 bits per heavy atom. The predicted octanol–water partition coefficient (Wildman–Crippen LogP) is 1.72. The largest absolute Gasteiger partial charge is 0.480 e. The molecule has 1 N–H and O–H groups in total. The Morgan fingerprint density at radius 2 is 2.10 bits per heavy atom. The Balaban J connectivity index is 2.56. The van der Waals surface area contributed by atoms with Gasteiger partial charge in [0, 0.05) is 6.26 Å². The zero-order valence-corrected chi connectivity index (χ0v) is 13.2. The zero-order chi connectivity index (χ0) is 15.8. The van der Waals surface area contributed by atoms with E-state index >= 15 is 0 Å². The molecule has 0 aromatic rings. The van der Waals surface area contributed by atoms with Crippen LogP contribution < -0.4 is 0 Å². The Bertz CT molecular complexity index is 634. The van der Waals surface area contributed by atoms with E-state index in [2.05, 4.69) is 0 Å². The molecule has 7 heteroatoms. The minimum absolute atomic E-state index is 0.552. The van der Waals surface area contributed by atoms with E-state index in [0.717, 1.165) is 25.5 Å². The Morgan fingerprint density at radius 3 is 2.57 bits per heavy atom. The number of halogens is 1. The van der Waals surface area contributed by atoms with Crippen LogP contribution in [0.1, 0.15) is 25.7 Å². The van der Waals surface area contributed by atoms with Crippen molar-refractivity contribution in [2.75, 3.05) is 6.26 Å². The molecule has 21 heavy (non-hydrogen) atoms. The van der Waals surface area contributed by atoms with E-state index in [0.29, 0.717) is 12.0 Å². The molecular formula is C14H17ClO5S. The minimum Gasteiger partial charge on any atom is -0.480 e. The summed E-state index contributed by atoms with van der Waals surface area (Å²) in [5.74, 6) is -1.98. The first kappa shape index (κ1) is 16.2. The van der Waals surface area contributed by atoms with Gasteiger partial charge in [-0.1, -0.05) is 23.8 Å². The van der Waals surface area contributed by atoms with Crippen molar-refractivity contribution in [1.29, 1.82) is 0 Å². The van der Waals surface area contributed by atoms with Crippen LogP contribution in [-0.2, 0) is 19.4 Å². The monoisotopic (exact) mass is 332 g/mol. The Labute approximate surface area is 128 Å². The standard InChI is InChI=1S/C14H17ClO5S/c1-21(19,20)10-7-8-14(13(17)18,12(15)11(10)16)9-5-3-2-4-6-9/h5,7-8,10,12H,2-4,6H2,1H3,(H,17,18). The van der Waals surface area contributed by atoms with Crippen molar-refractivity contribution in [2.45, 2.75) is 36.3 Å². The average molecular weight is 333 g/mol. The van der Waals surface area contributed by atoms with Crippen molar-refractivity contribution in [2.24, 2.45) is 5.41 Å². The molecule has 0 amide bonds. The summed E-state index contributed by atoms with van der Waals surface area (Å²) in [6.45, 7) is 0. The number of carboxylic acids is 1. The molecule has 3 atom stereocenters. The lowest BCUT2D eigenvalue weighted by molar-refractivity contribution is -0.146. The van der Waals surface area contributed by atoms with Gasteiger partial charge in [-0.25, -0.2) is 8.42 Å². The maximum atomic E-state index is 12.3. The molecule has 0 saturated heterocycles. The number of aliphatic carboxylic acids is 1. The van der Waals surface area contributed by atoms with E-state index in [1.54, 1.807) is 0 Å². The van der Waals surface area contributed by atoms with Crippen LogP contribution in [-0.4, -0.2) is 42.2 Å². The highest BCUT2D eigenvalue weighted by molar-refractivity contribution is 7.92. The topological polar surface area (TPSA) is 88.5 Å². The molecule has 0 aromatic heterocycles. The van der Waals surface area contributed by atoms with Gasteiger partial charge in [-0.15, -0.1) is 11.6 Å². The lowest BCUT2D eigenvalue weighted by atomic mass is 9.69. The van der Waals surface area contributed by atoms with Crippen LogP contribution in [0.15, 0.2) is 23.8 Å². The Kier molecular flexibility index (Phi) is 4.31. The fourth-order valence-corrected chi connectivity index (χ4v) is 4.38. The van der Waals surface area contributed by atoms with E-state index in [4.69, 9.17) is 11.6 Å². The third-order valence-corrected chi connectivity index (χ3v) is 5.97. The highest BCUT2D eigenvalue weighted by Crippen LogP contribution is 2.45. The van der Waals surface area contributed by atoms with Crippen molar-refractivity contribution < 1.29 is 23.1 Å². The third-order valence-electron chi connectivity index (χ3n) is 4.10. The second-order valence-corrected chi connectivity index (χ2v) is 8.13. The molecule has 0 saturated carbocycles. The van der Waals surface area contributed by atoms with Gasteiger partial charge in [-0.05, 0) is 25.7 Å². The first-order valence-electron chi connectivity index (χ1n) is 6.70. The lowest BCUT2D eigenvalue weighted by Crippen LogP contribution is -2.51. The van der Waals surface area contributed by atoms with E-state index in [1.165, 1.54) is 12.2 Å². The smallest absolute Gasteiger partial charge is 0.319 e. The molecule has 2 rings (SSSR count). The van der Waals surface area contributed by atoms with Gasteiger partial charge >= 0.3 is 5.97 Å². The number of carbonyl (C=O) groups excluding carboxylic acids is 1. The second kappa shape index (κ2) is 5.57. The van der Waals surface area contributed by atoms with Gasteiger partial charge in [-0.2, -0.15) is 0 Å². The third kappa shape index (κ3) is 2.66. The maximum absolute atomic E-state index is 12.3. The molecule has 0 aliphatic heterocycles. The molecular weight excluding hydrogens is 316 g/mol. The van der Waals surface area contributed by atoms with Crippen LogP contribution in [0.2, 0.25) is 0 Å². The van der Waals surface area contributed by atoms with E-state index < -0.39 is 37.6 Å². The van der Waals surface area contributed by atoms with Crippen LogP contribution in [0.4, 0.5) is 0 Å². The summed E-state index contributed by atoms with van der Waals surface area (Å²) in [6, 6.07) is 0. The number of rotatable bonds is 3. The fourth-order valence-electron chi connectivity index (χ4n) is 2.94. The van der Waals surface area contributed by atoms with Crippen molar-refractivity contribution >= 4 is 33.2 Å². The highest BCUT2D eigenvalue weighted by atomic mass is 35.5. The minimum atomic E-state index is -3.65. The van der Waals surface area contributed by atoms with E-state index in [-0.39, 0.29) is 0 Å². The van der Waals surface area contributed by atoms with E-state index in [1.807, 2.05) is 6.08 Å². The summed E-state index contributed by atoms with van der Waals surface area (Å²) in [4.78, 5) is 24.1. The van der Waals surface area contributed by atoms with Gasteiger partial charge in [0.1, 0.15) is 16.0 Å². The number of carbonyl (C=O) groups is 2. The van der Waals surface area contributed by atoms with Crippen LogP contribution in [0, 0.1) is 5.41 Å². The zero-order valence-electron chi connectivity index (χ0n) is 11.6. The van der Waals surface area contributed by atoms with Gasteiger partial charge in [0.15, 0.2) is 15.6 Å². The van der Waals surface area contributed by atoms with Crippen LogP contribution in [0.3, 0.4) is 0 Å². The summed E-state index contributed by atoms with van der Waals surface area (Å²) < 4.78 is 23.2. The molecule has 0 radical (unpaired) electrons. The SMILES string of the molecule is CS(=O)(=O)C1C=CC(C(=O)O)(C2=CCCCC2)C(Cl)C1=O. The summed E-state index contributed by atoms with van der Waals surface area (Å²) in [5, 5.41) is 6.86. The summed E-state index contributed by atoms with van der Waals surface area (Å²) in [7, 11) is -3.65. The van der Waals surface area contributed by atoms with Gasteiger partial charge in [0.2, 0.25) is 0 Å². The number of sulfone groups is 1. The Hall–Kier alpha value is -1.14. The quantitative estimate of drug-likeness (QED) is 0.628. The van der Waals surface area contributed by atoms with Crippen molar-refractivity contribution in [3.05, 3.63) is 23.8 Å². The normalized spacial score (nSPS) is 33.6. The number of ketones is 1. The van der Waals surface area contributed by atoms with Crippen LogP contribution >= 0.6 is 11.6 Å². The van der Waals surface area contributed by atoms with Gasteiger partial charge < -0.3 is 5.11 Å².